The first-order valence-electron chi connectivity index (χ1n) is 8.37. The molecule has 4 heterocycles. The Hall–Kier alpha value is -2.85. The maximum atomic E-state index is 12.8. The number of ether oxygens (including phenoxy) is 1. The topological polar surface area (TPSA) is 93.4 Å². The summed E-state index contributed by atoms with van der Waals surface area (Å²) >= 11 is 6.11. The van der Waals surface area contributed by atoms with Crippen LogP contribution in [0.3, 0.4) is 0 Å². The van der Waals surface area contributed by atoms with Gasteiger partial charge in [-0.3, -0.25) is 4.79 Å². The number of hydrogen-bond acceptors (Lipinski definition) is 7. The zero-order chi connectivity index (χ0) is 19.7. The number of nitrogens with zero attached hydrogens (tertiary/aromatic N) is 4. The molecule has 11 heteroatoms. The van der Waals surface area contributed by atoms with Crippen LogP contribution in [0.2, 0.25) is 5.15 Å². The van der Waals surface area contributed by atoms with Gasteiger partial charge in [0.2, 0.25) is 5.65 Å². The lowest BCUT2D eigenvalue weighted by molar-refractivity contribution is 0.102. The lowest BCUT2D eigenvalue weighted by atomic mass is 10.2. The third-order valence-electron chi connectivity index (χ3n) is 4.09. The summed E-state index contributed by atoms with van der Waals surface area (Å²) in [6.07, 6.45) is -2.74. The van der Waals surface area contributed by atoms with Crippen molar-refractivity contribution >= 4 is 40.6 Å². The van der Waals surface area contributed by atoms with Crippen molar-refractivity contribution in [3.63, 3.8) is 0 Å². The van der Waals surface area contributed by atoms with Crippen LogP contribution in [0.4, 0.5) is 20.6 Å². The monoisotopic (exact) mass is 409 g/mol. The van der Waals surface area contributed by atoms with Crippen molar-refractivity contribution in [1.82, 2.24) is 15.0 Å². The molecule has 1 saturated heterocycles. The van der Waals surface area contributed by atoms with Crippen molar-refractivity contribution in [3.05, 3.63) is 40.7 Å². The van der Waals surface area contributed by atoms with Crippen LogP contribution in [0.25, 0.3) is 11.2 Å². The van der Waals surface area contributed by atoms with Crippen molar-refractivity contribution in [1.29, 1.82) is 0 Å². The van der Waals surface area contributed by atoms with Gasteiger partial charge in [0.15, 0.2) is 5.58 Å². The van der Waals surface area contributed by atoms with Crippen molar-refractivity contribution < 1.29 is 22.7 Å². The minimum absolute atomic E-state index is 0.0168. The van der Waals surface area contributed by atoms with Gasteiger partial charge in [0.1, 0.15) is 16.7 Å². The third kappa shape index (κ3) is 3.73. The number of morpholine rings is 1. The average Bonchev–Trinajstić information content (AvgIpc) is 3.11. The van der Waals surface area contributed by atoms with Crippen LogP contribution >= 0.6 is 11.6 Å². The number of carbonyl (C=O) groups excluding carboxylic acids is 1. The second-order valence-corrected chi connectivity index (χ2v) is 6.30. The number of alkyl halides is 2. The normalized spacial score (nSPS) is 14.6. The van der Waals surface area contributed by atoms with Gasteiger partial charge in [-0.1, -0.05) is 17.7 Å². The van der Waals surface area contributed by atoms with E-state index in [1.54, 1.807) is 0 Å². The van der Waals surface area contributed by atoms with E-state index in [1.807, 2.05) is 4.90 Å². The molecule has 0 unspecified atom stereocenters. The minimum atomic E-state index is -2.74. The summed E-state index contributed by atoms with van der Waals surface area (Å²) in [5.74, 6) is -0.673. The molecule has 1 N–H and O–H groups in total. The highest BCUT2D eigenvalue weighted by Crippen LogP contribution is 2.26. The molecule has 3 aromatic rings. The summed E-state index contributed by atoms with van der Waals surface area (Å²) in [5, 5.41) is 2.35. The van der Waals surface area contributed by atoms with Crippen molar-refractivity contribution in [2.45, 2.75) is 6.43 Å². The molecule has 4 rings (SSSR count). The zero-order valence-corrected chi connectivity index (χ0v) is 15.1. The molecule has 0 atom stereocenters. The number of amides is 1. The van der Waals surface area contributed by atoms with Crippen LogP contribution in [0.15, 0.2) is 28.7 Å². The van der Waals surface area contributed by atoms with Crippen molar-refractivity contribution in [3.8, 4) is 0 Å². The molecule has 0 aliphatic carbocycles. The number of hydrogen-bond donors (Lipinski definition) is 1. The standard InChI is InChI=1S/C17H14ClF2N5O3/c18-13-9(16(26)22-12-3-1-2-10(21-12)14(19)20)8-11-15(23-13)24-17(28-11)25-4-6-27-7-5-25/h1-3,8,14H,4-7H2,(H,21,22,26). The van der Waals surface area contributed by atoms with Gasteiger partial charge in [0.05, 0.1) is 18.8 Å². The summed E-state index contributed by atoms with van der Waals surface area (Å²) in [6, 6.07) is 5.72. The predicted octanol–water partition coefficient (Wildman–Crippen LogP) is 3.30. The molecule has 0 spiro atoms. The smallest absolute Gasteiger partial charge is 0.300 e. The van der Waals surface area contributed by atoms with Gasteiger partial charge in [0, 0.05) is 19.2 Å². The number of carbonyl (C=O) groups is 1. The van der Waals surface area contributed by atoms with Gasteiger partial charge < -0.3 is 19.4 Å². The Morgan fingerprint density at radius 1 is 1.21 bits per heavy atom. The first-order valence-corrected chi connectivity index (χ1v) is 8.75. The number of fused-ring (bicyclic) bond motifs is 1. The molecule has 0 saturated carbocycles. The Morgan fingerprint density at radius 3 is 2.75 bits per heavy atom. The van der Waals surface area contributed by atoms with Crippen LogP contribution in [-0.4, -0.2) is 47.2 Å². The summed E-state index contributed by atoms with van der Waals surface area (Å²) < 4.78 is 36.5. The summed E-state index contributed by atoms with van der Waals surface area (Å²) in [5.41, 5.74) is 0.122. The molecular formula is C17H14ClF2N5O3. The predicted molar refractivity (Wildman–Crippen MR) is 97.0 cm³/mol. The second-order valence-electron chi connectivity index (χ2n) is 5.95. The third-order valence-corrected chi connectivity index (χ3v) is 4.38. The van der Waals surface area contributed by atoms with E-state index >= 15 is 0 Å². The molecule has 1 aliphatic rings. The highest BCUT2D eigenvalue weighted by atomic mass is 35.5. The van der Waals surface area contributed by atoms with Gasteiger partial charge in [0.25, 0.3) is 18.3 Å². The summed E-state index contributed by atoms with van der Waals surface area (Å²) in [4.78, 5) is 26.5. The largest absolute Gasteiger partial charge is 0.422 e. The van der Waals surface area contributed by atoms with Crippen LogP contribution < -0.4 is 10.2 Å². The van der Waals surface area contributed by atoms with Crippen LogP contribution in [0.1, 0.15) is 22.5 Å². The zero-order valence-electron chi connectivity index (χ0n) is 14.4. The maximum Gasteiger partial charge on any atom is 0.300 e. The first kappa shape index (κ1) is 18.5. The molecule has 1 fully saturated rings. The van der Waals surface area contributed by atoms with E-state index in [9.17, 15) is 13.6 Å². The second kappa shape index (κ2) is 7.64. The number of rotatable bonds is 4. The summed E-state index contributed by atoms with van der Waals surface area (Å²) in [6.45, 7) is 2.37. The quantitative estimate of drug-likeness (QED) is 0.661. The molecule has 0 radical (unpaired) electrons. The van der Waals surface area contributed by atoms with E-state index in [2.05, 4.69) is 20.3 Å². The number of nitrogens with one attached hydrogen (secondary N) is 1. The van der Waals surface area contributed by atoms with Crippen molar-refractivity contribution in [2.24, 2.45) is 0 Å². The molecule has 8 nitrogen and oxygen atoms in total. The number of halogens is 3. The summed E-state index contributed by atoms with van der Waals surface area (Å²) in [7, 11) is 0. The fraction of sp³-hybridized carbons (Fsp3) is 0.294. The first-order chi connectivity index (χ1) is 13.5. The van der Waals surface area contributed by atoms with Crippen LogP contribution in [-0.2, 0) is 4.74 Å². The Bertz CT molecular complexity index is 1020. The molecule has 1 aliphatic heterocycles. The average molecular weight is 410 g/mol. The lowest BCUT2D eigenvalue weighted by Crippen LogP contribution is -2.36. The van der Waals surface area contributed by atoms with E-state index in [-0.39, 0.29) is 27.8 Å². The number of anilines is 2. The molecule has 0 aromatic carbocycles. The fourth-order valence-electron chi connectivity index (χ4n) is 2.71. The molecular weight excluding hydrogens is 396 g/mol. The van der Waals surface area contributed by atoms with Crippen molar-refractivity contribution in [2.75, 3.05) is 36.5 Å². The van der Waals surface area contributed by atoms with Crippen LogP contribution in [0, 0.1) is 0 Å². The molecule has 0 bridgehead atoms. The van der Waals surface area contributed by atoms with Gasteiger partial charge in [-0.15, -0.1) is 0 Å². The number of aromatic nitrogens is 3. The van der Waals surface area contributed by atoms with Gasteiger partial charge in [-0.25, -0.2) is 18.7 Å². The lowest BCUT2D eigenvalue weighted by Gasteiger charge is -2.24. The van der Waals surface area contributed by atoms with E-state index in [0.29, 0.717) is 32.3 Å². The molecule has 28 heavy (non-hydrogen) atoms. The van der Waals surface area contributed by atoms with Gasteiger partial charge in [-0.05, 0) is 12.1 Å². The van der Waals surface area contributed by atoms with Gasteiger partial charge >= 0.3 is 0 Å². The molecule has 146 valence electrons. The van der Waals surface area contributed by atoms with E-state index in [4.69, 9.17) is 20.8 Å². The van der Waals surface area contributed by atoms with E-state index in [1.165, 1.54) is 24.3 Å². The SMILES string of the molecule is O=C(Nc1cccc(C(F)F)n1)c1cc2oc(N3CCOCC3)nc2nc1Cl. The van der Waals surface area contributed by atoms with E-state index in [0.717, 1.165) is 0 Å². The fourth-order valence-corrected chi connectivity index (χ4v) is 2.93. The maximum absolute atomic E-state index is 12.8. The molecule has 1 amide bonds. The number of pyridine rings is 2. The molecule has 3 aromatic heterocycles. The minimum Gasteiger partial charge on any atom is -0.422 e. The Morgan fingerprint density at radius 2 is 2.00 bits per heavy atom. The van der Waals surface area contributed by atoms with Crippen LogP contribution in [0.5, 0.6) is 0 Å². The highest BCUT2D eigenvalue weighted by molar-refractivity contribution is 6.33. The highest BCUT2D eigenvalue weighted by Gasteiger charge is 2.21. The Labute approximate surface area is 162 Å². The Kier molecular flexibility index (Phi) is 5.05. The van der Waals surface area contributed by atoms with E-state index < -0.39 is 18.0 Å². The van der Waals surface area contributed by atoms with Gasteiger partial charge in [-0.2, -0.15) is 4.98 Å². The Balaban J connectivity index is 1.59. The number of oxazole rings is 1.